The van der Waals surface area contributed by atoms with E-state index in [1.807, 2.05) is 6.92 Å². The Hall–Kier alpha value is -3.49. The Kier molecular flexibility index (Phi) is 6.20. The zero-order valence-corrected chi connectivity index (χ0v) is 14.5. The van der Waals surface area contributed by atoms with E-state index in [1.54, 1.807) is 12.4 Å². The Bertz CT molecular complexity index is 786. The molecule has 1 heterocycles. The van der Waals surface area contributed by atoms with Gasteiger partial charge in [0.25, 0.3) is 0 Å². The number of aryl methyl sites for hydroxylation is 1. The first-order valence-electron chi connectivity index (χ1n) is 7.57. The number of hydrogen-bond donors (Lipinski definition) is 2. The molecule has 136 valence electrons. The molecule has 0 atom stereocenters. The number of nitrogens with one attached hydrogen (secondary N) is 2. The molecule has 0 spiro atoms. The summed E-state index contributed by atoms with van der Waals surface area (Å²) in [7, 11) is 2.44. The number of carbonyl (C=O) groups excluding carboxylic acids is 3. The lowest BCUT2D eigenvalue weighted by molar-refractivity contribution is 0.0599. The molecular formula is C17H18N4O5. The Balaban J connectivity index is 2.11. The topological polar surface area (TPSA) is 120 Å². The number of ether oxygens (including phenoxy) is 2. The first kappa shape index (κ1) is 18.8. The van der Waals surface area contributed by atoms with E-state index in [2.05, 4.69) is 30.1 Å². The fourth-order valence-corrected chi connectivity index (χ4v) is 2.03. The molecule has 0 saturated carbocycles. The lowest BCUT2D eigenvalue weighted by atomic mass is 10.1. The smallest absolute Gasteiger partial charge is 0.337 e. The number of benzene rings is 1. The maximum Gasteiger partial charge on any atom is 0.337 e. The van der Waals surface area contributed by atoms with Crippen molar-refractivity contribution in [2.24, 2.45) is 0 Å². The Labute approximate surface area is 149 Å². The highest BCUT2D eigenvalue weighted by molar-refractivity contribution is 5.99. The summed E-state index contributed by atoms with van der Waals surface area (Å²) < 4.78 is 9.29. The van der Waals surface area contributed by atoms with Crippen LogP contribution in [0.25, 0.3) is 0 Å². The second-order valence-electron chi connectivity index (χ2n) is 5.24. The van der Waals surface area contributed by atoms with Crippen molar-refractivity contribution in [1.29, 1.82) is 0 Å². The van der Waals surface area contributed by atoms with Crippen LogP contribution in [0.2, 0.25) is 0 Å². The molecule has 2 rings (SSSR count). The number of hydrogen-bond acceptors (Lipinski definition) is 7. The Morgan fingerprint density at radius 3 is 2.08 bits per heavy atom. The van der Waals surface area contributed by atoms with Crippen LogP contribution in [-0.4, -0.2) is 42.2 Å². The minimum atomic E-state index is -0.644. The largest absolute Gasteiger partial charge is 0.465 e. The van der Waals surface area contributed by atoms with Crippen LogP contribution in [0.1, 0.15) is 32.1 Å². The van der Waals surface area contributed by atoms with Crippen molar-refractivity contribution < 1.29 is 23.9 Å². The van der Waals surface area contributed by atoms with Gasteiger partial charge in [-0.1, -0.05) is 0 Å². The number of anilines is 1. The molecule has 0 fully saturated rings. The van der Waals surface area contributed by atoms with Crippen LogP contribution in [0.15, 0.2) is 30.6 Å². The van der Waals surface area contributed by atoms with Gasteiger partial charge >= 0.3 is 18.0 Å². The average molecular weight is 358 g/mol. The van der Waals surface area contributed by atoms with Crippen molar-refractivity contribution in [2.75, 3.05) is 19.5 Å². The molecule has 0 aliphatic carbocycles. The molecule has 0 aliphatic heterocycles. The Morgan fingerprint density at radius 1 is 0.962 bits per heavy atom. The Morgan fingerprint density at radius 2 is 1.58 bits per heavy atom. The van der Waals surface area contributed by atoms with Gasteiger partial charge in [0.05, 0.1) is 49.5 Å². The van der Waals surface area contributed by atoms with Gasteiger partial charge in [-0.2, -0.15) is 0 Å². The van der Waals surface area contributed by atoms with Gasteiger partial charge in [0.2, 0.25) is 0 Å². The molecule has 2 aromatic rings. The lowest BCUT2D eigenvalue weighted by Crippen LogP contribution is -2.28. The van der Waals surface area contributed by atoms with E-state index in [0.717, 1.165) is 5.69 Å². The summed E-state index contributed by atoms with van der Waals surface area (Å²) in [4.78, 5) is 43.7. The summed E-state index contributed by atoms with van der Waals surface area (Å²) in [5.74, 6) is -1.29. The van der Waals surface area contributed by atoms with E-state index in [-0.39, 0.29) is 23.4 Å². The number of methoxy groups -OCH3 is 2. The van der Waals surface area contributed by atoms with E-state index < -0.39 is 18.0 Å². The number of rotatable bonds is 5. The molecule has 0 radical (unpaired) electrons. The van der Waals surface area contributed by atoms with E-state index in [4.69, 9.17) is 0 Å². The molecule has 2 N–H and O–H groups in total. The fourth-order valence-electron chi connectivity index (χ4n) is 2.03. The molecule has 0 aliphatic rings. The minimum absolute atomic E-state index is 0.107. The molecule has 1 aromatic heterocycles. The first-order chi connectivity index (χ1) is 12.4. The van der Waals surface area contributed by atoms with Crippen molar-refractivity contribution in [3.05, 3.63) is 53.1 Å². The first-order valence-corrected chi connectivity index (χ1v) is 7.57. The summed E-state index contributed by atoms with van der Waals surface area (Å²) in [5.41, 5.74) is 1.81. The second-order valence-corrected chi connectivity index (χ2v) is 5.24. The molecule has 9 heteroatoms. The molecule has 0 unspecified atom stereocenters. The van der Waals surface area contributed by atoms with Crippen LogP contribution >= 0.6 is 0 Å². The van der Waals surface area contributed by atoms with Gasteiger partial charge in [0.1, 0.15) is 0 Å². The van der Waals surface area contributed by atoms with E-state index in [1.165, 1.54) is 32.4 Å². The summed E-state index contributed by atoms with van der Waals surface area (Å²) in [6, 6.07) is 3.57. The second kappa shape index (κ2) is 8.56. The summed E-state index contributed by atoms with van der Waals surface area (Å²) in [5, 5.41) is 5.16. The highest BCUT2D eigenvalue weighted by Gasteiger charge is 2.15. The molecule has 9 nitrogen and oxygen atoms in total. The molecule has 2 amide bonds. The normalized spacial score (nSPS) is 9.96. The van der Waals surface area contributed by atoms with Crippen molar-refractivity contribution in [3.8, 4) is 0 Å². The van der Waals surface area contributed by atoms with Crippen LogP contribution in [0.3, 0.4) is 0 Å². The van der Waals surface area contributed by atoms with E-state index in [0.29, 0.717) is 5.69 Å². The fraction of sp³-hybridized carbons (Fsp3) is 0.235. The monoisotopic (exact) mass is 358 g/mol. The third kappa shape index (κ3) is 5.00. The maximum absolute atomic E-state index is 12.1. The van der Waals surface area contributed by atoms with Gasteiger partial charge in [0.15, 0.2) is 0 Å². The summed E-state index contributed by atoms with van der Waals surface area (Å²) in [6.45, 7) is 1.98. The molecule has 1 aromatic carbocycles. The van der Waals surface area contributed by atoms with Crippen LogP contribution in [0.5, 0.6) is 0 Å². The van der Waals surface area contributed by atoms with Crippen LogP contribution < -0.4 is 10.6 Å². The SMILES string of the molecule is COC(=O)c1cc(NC(=O)NCc2cnc(C)cn2)cc(C(=O)OC)c1. The highest BCUT2D eigenvalue weighted by Crippen LogP contribution is 2.17. The number of esters is 2. The summed E-state index contributed by atoms with van der Waals surface area (Å²) in [6.07, 6.45) is 3.15. The van der Waals surface area contributed by atoms with Crippen molar-refractivity contribution in [3.63, 3.8) is 0 Å². The predicted octanol–water partition coefficient (Wildman–Crippen LogP) is 1.68. The lowest BCUT2D eigenvalue weighted by Gasteiger charge is -2.10. The van der Waals surface area contributed by atoms with Gasteiger partial charge in [-0.05, 0) is 25.1 Å². The number of carbonyl (C=O) groups is 3. The van der Waals surface area contributed by atoms with Crippen molar-refractivity contribution in [2.45, 2.75) is 13.5 Å². The standard InChI is InChI=1S/C17H18N4O5/c1-10-7-19-14(8-18-10)9-20-17(24)21-13-5-11(15(22)25-2)4-12(6-13)16(23)26-3/h4-8H,9H2,1-3H3,(H2,20,21,24). The van der Waals surface area contributed by atoms with Crippen LogP contribution in [0, 0.1) is 6.92 Å². The maximum atomic E-state index is 12.1. The molecule has 0 saturated heterocycles. The van der Waals surface area contributed by atoms with Crippen molar-refractivity contribution in [1.82, 2.24) is 15.3 Å². The number of urea groups is 1. The van der Waals surface area contributed by atoms with E-state index >= 15 is 0 Å². The highest BCUT2D eigenvalue weighted by atomic mass is 16.5. The van der Waals surface area contributed by atoms with Gasteiger partial charge in [-0.3, -0.25) is 9.97 Å². The molecular weight excluding hydrogens is 340 g/mol. The van der Waals surface area contributed by atoms with E-state index in [9.17, 15) is 14.4 Å². The number of aromatic nitrogens is 2. The quantitative estimate of drug-likeness (QED) is 0.780. The average Bonchev–Trinajstić information content (AvgIpc) is 2.65. The van der Waals surface area contributed by atoms with Crippen LogP contribution in [0.4, 0.5) is 10.5 Å². The zero-order chi connectivity index (χ0) is 19.1. The van der Waals surface area contributed by atoms with Gasteiger partial charge in [-0.15, -0.1) is 0 Å². The van der Waals surface area contributed by atoms with Gasteiger partial charge in [-0.25, -0.2) is 14.4 Å². The van der Waals surface area contributed by atoms with Gasteiger partial charge in [0, 0.05) is 11.9 Å². The zero-order valence-electron chi connectivity index (χ0n) is 14.5. The minimum Gasteiger partial charge on any atom is -0.465 e. The predicted molar refractivity (Wildman–Crippen MR) is 91.7 cm³/mol. The molecule has 26 heavy (non-hydrogen) atoms. The number of nitrogens with zero attached hydrogens (tertiary/aromatic N) is 2. The third-order valence-electron chi connectivity index (χ3n) is 3.30. The van der Waals surface area contributed by atoms with Crippen LogP contribution in [-0.2, 0) is 16.0 Å². The van der Waals surface area contributed by atoms with Crippen molar-refractivity contribution >= 4 is 23.7 Å². The van der Waals surface area contributed by atoms with Gasteiger partial charge < -0.3 is 20.1 Å². The number of amides is 2. The molecule has 0 bridgehead atoms. The third-order valence-corrected chi connectivity index (χ3v) is 3.30. The summed E-state index contributed by atoms with van der Waals surface area (Å²) >= 11 is 0.